The van der Waals surface area contributed by atoms with E-state index in [0.29, 0.717) is 17.3 Å². The van der Waals surface area contributed by atoms with Crippen molar-refractivity contribution in [1.29, 1.82) is 0 Å². The SMILES string of the molecule is O=c1[nH]c(N2CCC(c3ccn[nH]3)CC2)nc2ccccc12. The van der Waals surface area contributed by atoms with Crippen LogP contribution >= 0.6 is 0 Å². The fourth-order valence-corrected chi connectivity index (χ4v) is 3.12. The second-order valence-corrected chi connectivity index (χ2v) is 5.68. The second kappa shape index (κ2) is 5.29. The molecule has 0 bridgehead atoms. The highest BCUT2D eigenvalue weighted by Gasteiger charge is 2.23. The summed E-state index contributed by atoms with van der Waals surface area (Å²) in [6.45, 7) is 1.76. The lowest BCUT2D eigenvalue weighted by Crippen LogP contribution is -2.35. The number of fused-ring (bicyclic) bond motifs is 1. The highest BCUT2D eigenvalue weighted by molar-refractivity contribution is 5.78. The van der Waals surface area contributed by atoms with Crippen LogP contribution in [0, 0.1) is 0 Å². The third kappa shape index (κ3) is 2.26. The fourth-order valence-electron chi connectivity index (χ4n) is 3.12. The van der Waals surface area contributed by atoms with Crippen LogP contribution in [-0.4, -0.2) is 33.3 Å². The molecule has 3 aromatic rings. The summed E-state index contributed by atoms with van der Waals surface area (Å²) in [7, 11) is 0. The van der Waals surface area contributed by atoms with Crippen molar-refractivity contribution >= 4 is 16.9 Å². The van der Waals surface area contributed by atoms with Gasteiger partial charge in [-0.3, -0.25) is 14.9 Å². The summed E-state index contributed by atoms with van der Waals surface area (Å²) in [4.78, 5) is 21.8. The third-order valence-corrected chi connectivity index (χ3v) is 4.36. The van der Waals surface area contributed by atoms with Crippen LogP contribution in [0.15, 0.2) is 41.3 Å². The molecule has 3 heterocycles. The number of piperidine rings is 1. The van der Waals surface area contributed by atoms with Crippen molar-refractivity contribution < 1.29 is 0 Å². The van der Waals surface area contributed by atoms with Crippen molar-refractivity contribution in [2.24, 2.45) is 0 Å². The van der Waals surface area contributed by atoms with E-state index in [1.54, 1.807) is 12.3 Å². The van der Waals surface area contributed by atoms with Crippen LogP contribution in [-0.2, 0) is 0 Å². The van der Waals surface area contributed by atoms with E-state index in [1.807, 2.05) is 24.3 Å². The maximum Gasteiger partial charge on any atom is 0.260 e. The Bertz CT molecular complexity index is 831. The summed E-state index contributed by atoms with van der Waals surface area (Å²) >= 11 is 0. The molecular formula is C16H17N5O. The monoisotopic (exact) mass is 295 g/mol. The minimum atomic E-state index is -0.0729. The summed E-state index contributed by atoms with van der Waals surface area (Å²) in [5, 5.41) is 7.71. The molecule has 2 N–H and O–H groups in total. The molecule has 6 nitrogen and oxygen atoms in total. The topological polar surface area (TPSA) is 77.7 Å². The molecule has 2 aromatic heterocycles. The number of hydrogen-bond acceptors (Lipinski definition) is 4. The summed E-state index contributed by atoms with van der Waals surface area (Å²) in [6, 6.07) is 9.48. The molecule has 112 valence electrons. The predicted octanol–water partition coefficient (Wildman–Crippen LogP) is 2.03. The van der Waals surface area contributed by atoms with Crippen LogP contribution in [0.5, 0.6) is 0 Å². The highest BCUT2D eigenvalue weighted by Crippen LogP contribution is 2.27. The Labute approximate surface area is 127 Å². The molecule has 1 aromatic carbocycles. The molecule has 0 amide bonds. The van der Waals surface area contributed by atoms with E-state index in [-0.39, 0.29) is 5.56 Å². The quantitative estimate of drug-likeness (QED) is 0.758. The van der Waals surface area contributed by atoms with Gasteiger partial charge in [-0.2, -0.15) is 5.10 Å². The number of aromatic amines is 2. The van der Waals surface area contributed by atoms with Crippen molar-refractivity contribution in [2.45, 2.75) is 18.8 Å². The van der Waals surface area contributed by atoms with Crippen LogP contribution in [0.3, 0.4) is 0 Å². The number of nitrogens with one attached hydrogen (secondary N) is 2. The van der Waals surface area contributed by atoms with Gasteiger partial charge >= 0.3 is 0 Å². The van der Waals surface area contributed by atoms with Crippen LogP contribution in [0.4, 0.5) is 5.95 Å². The van der Waals surface area contributed by atoms with E-state index < -0.39 is 0 Å². The lowest BCUT2D eigenvalue weighted by Gasteiger charge is -2.31. The number of H-pyrrole nitrogens is 2. The number of benzene rings is 1. The minimum absolute atomic E-state index is 0.0729. The fraction of sp³-hybridized carbons (Fsp3) is 0.312. The minimum Gasteiger partial charge on any atom is -0.342 e. The van der Waals surface area contributed by atoms with E-state index in [1.165, 1.54) is 5.69 Å². The molecule has 0 radical (unpaired) electrons. The first-order chi connectivity index (χ1) is 10.8. The Kier molecular flexibility index (Phi) is 3.14. The Morgan fingerprint density at radius 2 is 1.95 bits per heavy atom. The maximum absolute atomic E-state index is 12.2. The van der Waals surface area contributed by atoms with Gasteiger partial charge in [-0.25, -0.2) is 4.98 Å². The molecule has 0 aliphatic carbocycles. The zero-order valence-electron chi connectivity index (χ0n) is 12.1. The molecule has 0 spiro atoms. The van der Waals surface area contributed by atoms with Gasteiger partial charge in [0, 0.05) is 30.9 Å². The molecule has 1 saturated heterocycles. The van der Waals surface area contributed by atoms with Gasteiger partial charge in [0.15, 0.2) is 0 Å². The van der Waals surface area contributed by atoms with Crippen LogP contribution < -0.4 is 10.5 Å². The van der Waals surface area contributed by atoms with Crippen molar-refractivity contribution in [3.63, 3.8) is 0 Å². The average molecular weight is 295 g/mol. The van der Waals surface area contributed by atoms with Gasteiger partial charge in [0.25, 0.3) is 5.56 Å². The molecule has 0 saturated carbocycles. The zero-order valence-corrected chi connectivity index (χ0v) is 12.1. The van der Waals surface area contributed by atoms with Gasteiger partial charge in [-0.05, 0) is 31.0 Å². The van der Waals surface area contributed by atoms with E-state index >= 15 is 0 Å². The Morgan fingerprint density at radius 3 is 2.73 bits per heavy atom. The smallest absolute Gasteiger partial charge is 0.260 e. The molecule has 6 heteroatoms. The van der Waals surface area contributed by atoms with E-state index in [4.69, 9.17) is 0 Å². The van der Waals surface area contributed by atoms with Gasteiger partial charge in [0.2, 0.25) is 5.95 Å². The number of hydrogen-bond donors (Lipinski definition) is 2. The summed E-state index contributed by atoms with van der Waals surface area (Å²) in [5.74, 6) is 1.18. The van der Waals surface area contributed by atoms with Gasteiger partial charge in [0.05, 0.1) is 10.9 Å². The van der Waals surface area contributed by atoms with Crippen molar-refractivity contribution in [3.8, 4) is 0 Å². The van der Waals surface area contributed by atoms with Gasteiger partial charge in [-0.15, -0.1) is 0 Å². The Hall–Kier alpha value is -2.63. The van der Waals surface area contributed by atoms with Crippen molar-refractivity contribution in [2.75, 3.05) is 18.0 Å². The van der Waals surface area contributed by atoms with E-state index in [9.17, 15) is 4.79 Å². The first-order valence-corrected chi connectivity index (χ1v) is 7.54. The molecule has 0 unspecified atom stereocenters. The summed E-state index contributed by atoms with van der Waals surface area (Å²) in [5.41, 5.74) is 1.87. The highest BCUT2D eigenvalue weighted by atomic mass is 16.1. The summed E-state index contributed by atoms with van der Waals surface area (Å²) in [6.07, 6.45) is 3.85. The molecular weight excluding hydrogens is 278 g/mol. The number of para-hydroxylation sites is 1. The molecule has 0 atom stereocenters. The van der Waals surface area contributed by atoms with Gasteiger partial charge in [-0.1, -0.05) is 12.1 Å². The molecule has 1 fully saturated rings. The maximum atomic E-state index is 12.2. The van der Waals surface area contributed by atoms with Crippen LogP contribution in [0.1, 0.15) is 24.5 Å². The van der Waals surface area contributed by atoms with Gasteiger partial charge < -0.3 is 4.90 Å². The molecule has 1 aliphatic heterocycles. The average Bonchev–Trinajstić information content (AvgIpc) is 3.09. The first kappa shape index (κ1) is 13.1. The van der Waals surface area contributed by atoms with E-state index in [2.05, 4.69) is 25.1 Å². The lowest BCUT2D eigenvalue weighted by atomic mass is 9.94. The number of anilines is 1. The van der Waals surface area contributed by atoms with Crippen LogP contribution in [0.25, 0.3) is 10.9 Å². The van der Waals surface area contributed by atoms with E-state index in [0.717, 1.165) is 31.4 Å². The Balaban J connectivity index is 1.57. The lowest BCUT2D eigenvalue weighted by molar-refractivity contribution is 0.490. The predicted molar refractivity (Wildman–Crippen MR) is 85.1 cm³/mol. The molecule has 4 rings (SSSR count). The van der Waals surface area contributed by atoms with Crippen molar-refractivity contribution in [1.82, 2.24) is 20.2 Å². The van der Waals surface area contributed by atoms with Crippen LogP contribution in [0.2, 0.25) is 0 Å². The number of rotatable bonds is 2. The first-order valence-electron chi connectivity index (χ1n) is 7.54. The second-order valence-electron chi connectivity index (χ2n) is 5.68. The normalized spacial score (nSPS) is 16.3. The molecule has 22 heavy (non-hydrogen) atoms. The number of aromatic nitrogens is 4. The number of nitrogens with zero attached hydrogens (tertiary/aromatic N) is 3. The zero-order chi connectivity index (χ0) is 14.9. The largest absolute Gasteiger partial charge is 0.342 e. The third-order valence-electron chi connectivity index (χ3n) is 4.36. The standard InChI is InChI=1S/C16H17N5O/c22-15-12-3-1-2-4-14(12)18-16(19-15)21-9-6-11(7-10-21)13-5-8-17-20-13/h1-5,8,11H,6-7,9-10H2,(H,17,20)(H,18,19,22). The van der Waals surface area contributed by atoms with Gasteiger partial charge in [0.1, 0.15) is 0 Å². The van der Waals surface area contributed by atoms with Crippen molar-refractivity contribution in [3.05, 3.63) is 52.6 Å². The summed E-state index contributed by atoms with van der Waals surface area (Å²) < 4.78 is 0. The Morgan fingerprint density at radius 1 is 1.14 bits per heavy atom. The molecule has 1 aliphatic rings.